The Hall–Kier alpha value is -3.12. The van der Waals surface area contributed by atoms with E-state index in [-0.39, 0.29) is 0 Å². The lowest BCUT2D eigenvalue weighted by Gasteiger charge is -2.11. The molecule has 5 rings (SSSR count). The average Bonchev–Trinajstić information content (AvgIpc) is 2.74. The highest BCUT2D eigenvalue weighted by Crippen LogP contribution is 2.32. The van der Waals surface area contributed by atoms with E-state index in [9.17, 15) is 0 Å². The maximum Gasteiger partial charge on any atom is -0.0105 e. The first-order valence-electron chi connectivity index (χ1n) is 9.27. The summed E-state index contributed by atoms with van der Waals surface area (Å²) in [6.07, 6.45) is 9.16. The van der Waals surface area contributed by atoms with Crippen LogP contribution >= 0.6 is 0 Å². The van der Waals surface area contributed by atoms with Crippen molar-refractivity contribution in [2.24, 2.45) is 0 Å². The summed E-state index contributed by atoms with van der Waals surface area (Å²) in [4.78, 5) is 0. The van der Waals surface area contributed by atoms with Crippen molar-refractivity contribution in [3.05, 3.63) is 103 Å². The van der Waals surface area contributed by atoms with Crippen molar-refractivity contribution in [1.29, 1.82) is 0 Å². The molecule has 4 aromatic rings. The summed E-state index contributed by atoms with van der Waals surface area (Å²) in [5.74, 6) is 0. The lowest BCUT2D eigenvalue weighted by atomic mass is 9.94. The fourth-order valence-electron chi connectivity index (χ4n) is 3.89. The molecule has 0 nitrogen and oxygen atoms in total. The van der Waals surface area contributed by atoms with Crippen molar-refractivity contribution >= 4 is 27.1 Å². The minimum Gasteiger partial charge on any atom is -0.0836 e. The van der Waals surface area contributed by atoms with Gasteiger partial charge in [-0.1, -0.05) is 85.0 Å². The Morgan fingerprint density at radius 1 is 0.538 bits per heavy atom. The first-order valence-corrected chi connectivity index (χ1v) is 9.27. The standard InChI is InChI=1S/C26H20/c1-3-7-19(8-4-1)21-13-15-25-23(17-21)11-12-24-18-22(14-16-26(24)25)20-9-5-2-6-10-20/h1,3-5,7-18H,2,6H2. The molecule has 0 unspecified atom stereocenters. The molecular formula is C26H20. The summed E-state index contributed by atoms with van der Waals surface area (Å²) in [5, 5.41) is 5.25. The second-order valence-corrected chi connectivity index (χ2v) is 6.94. The zero-order chi connectivity index (χ0) is 17.3. The van der Waals surface area contributed by atoms with E-state index in [2.05, 4.69) is 97.1 Å². The minimum absolute atomic E-state index is 1.14. The molecule has 0 heterocycles. The van der Waals surface area contributed by atoms with Gasteiger partial charge in [-0.2, -0.15) is 0 Å². The van der Waals surface area contributed by atoms with Crippen LogP contribution in [0.4, 0.5) is 0 Å². The predicted molar refractivity (Wildman–Crippen MR) is 113 cm³/mol. The van der Waals surface area contributed by atoms with Gasteiger partial charge < -0.3 is 0 Å². The van der Waals surface area contributed by atoms with Gasteiger partial charge in [0.15, 0.2) is 0 Å². The maximum atomic E-state index is 2.34. The van der Waals surface area contributed by atoms with E-state index < -0.39 is 0 Å². The molecule has 0 saturated carbocycles. The van der Waals surface area contributed by atoms with Crippen molar-refractivity contribution in [1.82, 2.24) is 0 Å². The Balaban J connectivity index is 1.63. The van der Waals surface area contributed by atoms with Gasteiger partial charge in [0.25, 0.3) is 0 Å². The number of hydrogen-bond acceptors (Lipinski definition) is 0. The third-order valence-corrected chi connectivity index (χ3v) is 5.27. The number of fused-ring (bicyclic) bond motifs is 3. The van der Waals surface area contributed by atoms with Gasteiger partial charge in [-0.3, -0.25) is 0 Å². The van der Waals surface area contributed by atoms with Gasteiger partial charge in [-0.15, -0.1) is 0 Å². The molecule has 0 saturated heterocycles. The smallest absolute Gasteiger partial charge is 0.0105 e. The molecule has 0 atom stereocenters. The second kappa shape index (κ2) is 6.31. The van der Waals surface area contributed by atoms with Crippen LogP contribution in [0.15, 0.2) is 97.1 Å². The van der Waals surface area contributed by atoms with E-state index in [0.29, 0.717) is 0 Å². The summed E-state index contributed by atoms with van der Waals surface area (Å²) >= 11 is 0. The fourth-order valence-corrected chi connectivity index (χ4v) is 3.89. The summed E-state index contributed by atoms with van der Waals surface area (Å²) in [7, 11) is 0. The normalized spacial score (nSPS) is 13.9. The topological polar surface area (TPSA) is 0 Å². The van der Waals surface area contributed by atoms with E-state index in [1.165, 1.54) is 43.8 Å². The van der Waals surface area contributed by atoms with Crippen LogP contribution < -0.4 is 0 Å². The highest BCUT2D eigenvalue weighted by atomic mass is 14.1. The zero-order valence-corrected chi connectivity index (χ0v) is 14.7. The Bertz CT molecular complexity index is 1160. The highest BCUT2D eigenvalue weighted by Gasteiger charge is 2.06. The number of benzene rings is 4. The van der Waals surface area contributed by atoms with Gasteiger partial charge in [-0.05, 0) is 68.8 Å². The molecule has 0 fully saturated rings. The third kappa shape index (κ3) is 2.64. The van der Waals surface area contributed by atoms with E-state index in [4.69, 9.17) is 0 Å². The average molecular weight is 332 g/mol. The van der Waals surface area contributed by atoms with E-state index in [1.807, 2.05) is 0 Å². The molecule has 4 aromatic carbocycles. The molecule has 0 spiro atoms. The van der Waals surface area contributed by atoms with Crippen LogP contribution in [-0.4, -0.2) is 0 Å². The van der Waals surface area contributed by atoms with E-state index in [0.717, 1.165) is 12.8 Å². The monoisotopic (exact) mass is 332 g/mol. The Kier molecular flexibility index (Phi) is 3.68. The van der Waals surface area contributed by atoms with Crippen LogP contribution in [0.5, 0.6) is 0 Å². The SMILES string of the molecule is C1=CC(c2ccc3c(ccc4cc(-c5ccccc5)ccc43)c2)=CCC1. The predicted octanol–water partition coefficient (Wildman–Crippen LogP) is 7.39. The summed E-state index contributed by atoms with van der Waals surface area (Å²) in [6.45, 7) is 0. The van der Waals surface area contributed by atoms with Gasteiger partial charge in [0.2, 0.25) is 0 Å². The Labute approximate surface area is 154 Å². The van der Waals surface area contributed by atoms with E-state index >= 15 is 0 Å². The summed E-state index contributed by atoms with van der Waals surface area (Å²) in [6, 6.07) is 28.7. The summed E-state index contributed by atoms with van der Waals surface area (Å²) < 4.78 is 0. The van der Waals surface area contributed by atoms with E-state index in [1.54, 1.807) is 0 Å². The van der Waals surface area contributed by atoms with Crippen molar-refractivity contribution in [3.8, 4) is 11.1 Å². The van der Waals surface area contributed by atoms with Crippen LogP contribution in [0, 0.1) is 0 Å². The molecule has 0 aliphatic heterocycles. The third-order valence-electron chi connectivity index (χ3n) is 5.27. The van der Waals surface area contributed by atoms with Crippen LogP contribution in [0.3, 0.4) is 0 Å². The number of rotatable bonds is 2. The molecular weight excluding hydrogens is 312 g/mol. The first kappa shape index (κ1) is 15.2. The Morgan fingerprint density at radius 3 is 1.92 bits per heavy atom. The fraction of sp³-hybridized carbons (Fsp3) is 0.0769. The molecule has 26 heavy (non-hydrogen) atoms. The van der Waals surface area contributed by atoms with Crippen LogP contribution in [0.1, 0.15) is 18.4 Å². The first-order chi connectivity index (χ1) is 12.9. The molecule has 0 bridgehead atoms. The largest absolute Gasteiger partial charge is 0.0836 e. The maximum absolute atomic E-state index is 2.34. The van der Waals surface area contributed by atoms with Crippen LogP contribution in [-0.2, 0) is 0 Å². The molecule has 0 aromatic heterocycles. The minimum atomic E-state index is 1.14. The van der Waals surface area contributed by atoms with Crippen LogP contribution in [0.25, 0.3) is 38.2 Å². The molecule has 0 amide bonds. The molecule has 124 valence electrons. The van der Waals surface area contributed by atoms with Crippen LogP contribution in [0.2, 0.25) is 0 Å². The quantitative estimate of drug-likeness (QED) is 0.336. The molecule has 1 aliphatic carbocycles. The Morgan fingerprint density at radius 2 is 1.23 bits per heavy atom. The molecule has 0 radical (unpaired) electrons. The van der Waals surface area contributed by atoms with Gasteiger partial charge in [-0.25, -0.2) is 0 Å². The summed E-state index contributed by atoms with van der Waals surface area (Å²) in [5.41, 5.74) is 5.19. The lowest BCUT2D eigenvalue weighted by Crippen LogP contribution is -1.87. The lowest BCUT2D eigenvalue weighted by molar-refractivity contribution is 1.04. The van der Waals surface area contributed by atoms with Crippen molar-refractivity contribution in [2.75, 3.05) is 0 Å². The van der Waals surface area contributed by atoms with Gasteiger partial charge in [0, 0.05) is 0 Å². The molecule has 0 N–H and O–H groups in total. The molecule has 0 heteroatoms. The van der Waals surface area contributed by atoms with Crippen molar-refractivity contribution < 1.29 is 0 Å². The van der Waals surface area contributed by atoms with Gasteiger partial charge in [0.1, 0.15) is 0 Å². The van der Waals surface area contributed by atoms with Gasteiger partial charge in [0.05, 0.1) is 0 Å². The van der Waals surface area contributed by atoms with Crippen molar-refractivity contribution in [3.63, 3.8) is 0 Å². The van der Waals surface area contributed by atoms with Gasteiger partial charge >= 0.3 is 0 Å². The number of hydrogen-bond donors (Lipinski definition) is 0. The zero-order valence-electron chi connectivity index (χ0n) is 14.7. The second-order valence-electron chi connectivity index (χ2n) is 6.94. The molecule has 1 aliphatic rings. The number of allylic oxidation sites excluding steroid dienone is 4. The highest BCUT2D eigenvalue weighted by molar-refractivity contribution is 6.09. The van der Waals surface area contributed by atoms with Crippen molar-refractivity contribution in [2.45, 2.75) is 12.8 Å².